The Morgan fingerprint density at radius 1 is 1.53 bits per heavy atom. The molecule has 0 aromatic rings. The van der Waals surface area contributed by atoms with Crippen LogP contribution in [0.1, 0.15) is 33.6 Å². The Balaban J connectivity index is 2.49. The highest BCUT2D eigenvalue weighted by Gasteiger charge is 2.27. The lowest BCUT2D eigenvalue weighted by molar-refractivity contribution is 0.0705. The van der Waals surface area contributed by atoms with Crippen LogP contribution in [0.25, 0.3) is 0 Å². The van der Waals surface area contributed by atoms with Crippen molar-refractivity contribution in [2.24, 2.45) is 0 Å². The summed E-state index contributed by atoms with van der Waals surface area (Å²) in [6.45, 7) is 11.2. The third-order valence-corrected chi connectivity index (χ3v) is 3.47. The monoisotopic (exact) mass is 214 g/mol. The van der Waals surface area contributed by atoms with Crippen LogP contribution in [0.5, 0.6) is 0 Å². The van der Waals surface area contributed by atoms with E-state index in [4.69, 9.17) is 4.74 Å². The Hall–Kier alpha value is -0.120. The van der Waals surface area contributed by atoms with Gasteiger partial charge in [-0.05, 0) is 39.8 Å². The summed E-state index contributed by atoms with van der Waals surface area (Å²) in [5.41, 5.74) is 0.282. The molecule has 0 bridgehead atoms. The summed E-state index contributed by atoms with van der Waals surface area (Å²) in [7, 11) is 1.79. The molecule has 0 spiro atoms. The highest BCUT2D eigenvalue weighted by Crippen LogP contribution is 2.15. The van der Waals surface area contributed by atoms with E-state index in [2.05, 4.69) is 31.0 Å². The van der Waals surface area contributed by atoms with Crippen LogP contribution in [0, 0.1) is 0 Å². The number of methoxy groups -OCH3 is 1. The summed E-state index contributed by atoms with van der Waals surface area (Å²) in [4.78, 5) is 2.53. The van der Waals surface area contributed by atoms with E-state index in [0.717, 1.165) is 19.6 Å². The quantitative estimate of drug-likeness (QED) is 0.767. The van der Waals surface area contributed by atoms with E-state index in [9.17, 15) is 0 Å². The molecule has 15 heavy (non-hydrogen) atoms. The molecule has 2 unspecified atom stereocenters. The fourth-order valence-electron chi connectivity index (χ4n) is 2.15. The van der Waals surface area contributed by atoms with Gasteiger partial charge in [-0.15, -0.1) is 0 Å². The molecule has 3 nitrogen and oxygen atoms in total. The Morgan fingerprint density at radius 2 is 2.27 bits per heavy atom. The first-order valence-electron chi connectivity index (χ1n) is 6.10. The fourth-order valence-corrected chi connectivity index (χ4v) is 2.15. The summed E-state index contributed by atoms with van der Waals surface area (Å²) >= 11 is 0. The molecule has 0 amide bonds. The van der Waals surface area contributed by atoms with Crippen LogP contribution in [-0.2, 0) is 4.74 Å². The minimum absolute atomic E-state index is 0.282. The molecule has 0 aromatic heterocycles. The highest BCUT2D eigenvalue weighted by molar-refractivity contribution is 4.88. The van der Waals surface area contributed by atoms with Crippen LogP contribution in [0.15, 0.2) is 0 Å². The first kappa shape index (κ1) is 12.9. The molecular formula is C12H26N2O. The van der Waals surface area contributed by atoms with Crippen LogP contribution in [0.4, 0.5) is 0 Å². The van der Waals surface area contributed by atoms with Crippen LogP contribution in [0.2, 0.25) is 0 Å². The van der Waals surface area contributed by atoms with Gasteiger partial charge in [0.2, 0.25) is 0 Å². The second kappa shape index (κ2) is 5.83. The summed E-state index contributed by atoms with van der Waals surface area (Å²) in [5.74, 6) is 0. The average molecular weight is 214 g/mol. The molecule has 0 radical (unpaired) electrons. The van der Waals surface area contributed by atoms with Crippen LogP contribution in [0.3, 0.4) is 0 Å². The van der Waals surface area contributed by atoms with Gasteiger partial charge >= 0.3 is 0 Å². The van der Waals surface area contributed by atoms with Crippen molar-refractivity contribution in [1.29, 1.82) is 0 Å². The summed E-state index contributed by atoms with van der Waals surface area (Å²) in [6, 6.07) is 0. The SMILES string of the molecule is CCC1(C)CN(CC(C)OC)CCCN1. The van der Waals surface area contributed by atoms with E-state index >= 15 is 0 Å². The van der Waals surface area contributed by atoms with Crippen molar-refractivity contribution in [2.45, 2.75) is 45.3 Å². The smallest absolute Gasteiger partial charge is 0.0670 e. The third kappa shape index (κ3) is 4.09. The van der Waals surface area contributed by atoms with Gasteiger partial charge in [-0.2, -0.15) is 0 Å². The molecule has 1 aliphatic heterocycles. The van der Waals surface area contributed by atoms with Crippen LogP contribution >= 0.6 is 0 Å². The average Bonchev–Trinajstić information content (AvgIpc) is 2.41. The maximum absolute atomic E-state index is 5.33. The van der Waals surface area contributed by atoms with E-state index in [1.807, 2.05) is 0 Å². The Morgan fingerprint density at radius 3 is 2.87 bits per heavy atom. The minimum atomic E-state index is 0.282. The predicted molar refractivity (Wildman–Crippen MR) is 64.2 cm³/mol. The van der Waals surface area contributed by atoms with Gasteiger partial charge < -0.3 is 10.1 Å². The molecule has 90 valence electrons. The Bertz CT molecular complexity index is 186. The van der Waals surface area contributed by atoms with Crippen LogP contribution < -0.4 is 5.32 Å². The van der Waals surface area contributed by atoms with Gasteiger partial charge in [0.25, 0.3) is 0 Å². The number of nitrogens with one attached hydrogen (secondary N) is 1. The van der Waals surface area contributed by atoms with E-state index in [-0.39, 0.29) is 5.54 Å². The predicted octanol–water partition coefficient (Wildman–Crippen LogP) is 1.49. The van der Waals surface area contributed by atoms with Gasteiger partial charge in [0.15, 0.2) is 0 Å². The molecule has 0 aromatic carbocycles. The minimum Gasteiger partial charge on any atom is -0.380 e. The molecule has 1 aliphatic rings. The molecule has 2 atom stereocenters. The van der Waals surface area contributed by atoms with Crippen molar-refractivity contribution in [3.8, 4) is 0 Å². The molecule has 1 N–H and O–H groups in total. The molecule has 0 saturated carbocycles. The van der Waals surface area contributed by atoms with Crippen molar-refractivity contribution in [2.75, 3.05) is 33.3 Å². The largest absolute Gasteiger partial charge is 0.380 e. The van der Waals surface area contributed by atoms with E-state index in [1.165, 1.54) is 19.4 Å². The third-order valence-electron chi connectivity index (χ3n) is 3.47. The lowest BCUT2D eigenvalue weighted by Crippen LogP contribution is -2.49. The van der Waals surface area contributed by atoms with Crippen molar-refractivity contribution in [3.63, 3.8) is 0 Å². The van der Waals surface area contributed by atoms with Crippen molar-refractivity contribution in [1.82, 2.24) is 10.2 Å². The van der Waals surface area contributed by atoms with Gasteiger partial charge in [0, 0.05) is 25.7 Å². The van der Waals surface area contributed by atoms with Gasteiger partial charge in [0.05, 0.1) is 6.10 Å². The molecule has 0 aliphatic carbocycles. The van der Waals surface area contributed by atoms with Gasteiger partial charge in [-0.1, -0.05) is 6.92 Å². The zero-order chi connectivity index (χ0) is 11.3. The second-order valence-electron chi connectivity index (χ2n) is 4.98. The normalized spacial score (nSPS) is 31.2. The molecule has 1 heterocycles. The highest BCUT2D eigenvalue weighted by atomic mass is 16.5. The maximum atomic E-state index is 5.33. The van der Waals surface area contributed by atoms with Crippen molar-refractivity contribution in [3.05, 3.63) is 0 Å². The number of nitrogens with zero attached hydrogens (tertiary/aromatic N) is 1. The summed E-state index contributed by atoms with van der Waals surface area (Å²) < 4.78 is 5.33. The van der Waals surface area contributed by atoms with Gasteiger partial charge in [0.1, 0.15) is 0 Å². The number of hydrogen-bond donors (Lipinski definition) is 1. The Labute approximate surface area is 94.2 Å². The fraction of sp³-hybridized carbons (Fsp3) is 1.00. The van der Waals surface area contributed by atoms with Crippen molar-refractivity contribution >= 4 is 0 Å². The number of rotatable bonds is 4. The second-order valence-corrected chi connectivity index (χ2v) is 4.98. The van der Waals surface area contributed by atoms with E-state index in [0.29, 0.717) is 6.10 Å². The molecule has 1 fully saturated rings. The van der Waals surface area contributed by atoms with Gasteiger partial charge in [-0.25, -0.2) is 0 Å². The zero-order valence-electron chi connectivity index (χ0n) is 10.7. The number of ether oxygens (including phenoxy) is 1. The molecule has 1 rings (SSSR count). The first-order valence-corrected chi connectivity index (χ1v) is 6.10. The lowest BCUT2D eigenvalue weighted by atomic mass is 9.98. The van der Waals surface area contributed by atoms with E-state index in [1.54, 1.807) is 7.11 Å². The summed E-state index contributed by atoms with van der Waals surface area (Å²) in [6.07, 6.45) is 2.76. The lowest BCUT2D eigenvalue weighted by Gasteiger charge is -2.33. The summed E-state index contributed by atoms with van der Waals surface area (Å²) in [5, 5.41) is 3.65. The Kier molecular flexibility index (Phi) is 5.03. The first-order chi connectivity index (χ1) is 7.09. The van der Waals surface area contributed by atoms with E-state index < -0.39 is 0 Å². The zero-order valence-corrected chi connectivity index (χ0v) is 10.7. The number of hydrogen-bond acceptors (Lipinski definition) is 3. The standard InChI is InChI=1S/C12H26N2O/c1-5-12(3)10-14(8-6-7-13-12)9-11(2)15-4/h11,13H,5-10H2,1-4H3. The molecule has 1 saturated heterocycles. The molecular weight excluding hydrogens is 188 g/mol. The van der Waals surface area contributed by atoms with Gasteiger partial charge in [-0.3, -0.25) is 4.90 Å². The molecule has 3 heteroatoms. The van der Waals surface area contributed by atoms with Crippen LogP contribution in [-0.4, -0.2) is 49.8 Å². The van der Waals surface area contributed by atoms with Crippen molar-refractivity contribution < 1.29 is 4.74 Å². The maximum Gasteiger partial charge on any atom is 0.0670 e. The topological polar surface area (TPSA) is 24.5 Å².